The number of fused-ring (bicyclic) bond motifs is 1. The molecule has 10 nitrogen and oxygen atoms in total. The molecule has 2 aromatic carbocycles. The molecule has 3 heterocycles. The highest BCUT2D eigenvalue weighted by molar-refractivity contribution is 6.00. The fourth-order valence-electron chi connectivity index (χ4n) is 4.25. The monoisotopic (exact) mass is 472 g/mol. The lowest BCUT2D eigenvalue weighted by molar-refractivity contribution is -0.135. The Kier molecular flexibility index (Phi) is 5.69. The van der Waals surface area contributed by atoms with E-state index in [1.54, 1.807) is 29.1 Å². The molecule has 1 saturated heterocycles. The van der Waals surface area contributed by atoms with Crippen LogP contribution in [0.5, 0.6) is 5.88 Å². The minimum atomic E-state index is -0.644. The predicted molar refractivity (Wildman–Crippen MR) is 130 cm³/mol. The molecule has 1 aliphatic rings. The van der Waals surface area contributed by atoms with Gasteiger partial charge in [-0.05, 0) is 42.3 Å². The summed E-state index contributed by atoms with van der Waals surface area (Å²) in [4.78, 5) is 36.1. The molecule has 1 unspecified atom stereocenters. The zero-order valence-electron chi connectivity index (χ0n) is 19.0. The van der Waals surface area contributed by atoms with Crippen molar-refractivity contribution < 1.29 is 19.5 Å². The first kappa shape index (κ1) is 22.2. The Morgan fingerprint density at radius 2 is 2.06 bits per heavy atom. The standard InChI is InChI=1S/C25H24N6O4/c1-30-10-9-20(29-30)16-3-2-4-18(12-16)27-25(35)26-13-15-5-6-19-17(11-15)14-31(24(19)34)21-7-8-22(32)28-23(21)33/h2-6,9-12,14,21,34H,7-8,13H2,1H3,(H2,26,27,35)(H,28,32,33). The van der Waals surface area contributed by atoms with E-state index >= 15 is 0 Å². The number of hydrogen-bond acceptors (Lipinski definition) is 5. The molecule has 0 spiro atoms. The first-order valence-electron chi connectivity index (χ1n) is 11.2. The molecule has 0 radical (unpaired) electrons. The summed E-state index contributed by atoms with van der Waals surface area (Å²) in [5.74, 6) is -0.764. The van der Waals surface area contributed by atoms with E-state index in [-0.39, 0.29) is 30.8 Å². The summed E-state index contributed by atoms with van der Waals surface area (Å²) in [6.45, 7) is 0.270. The molecule has 4 aromatic rings. The Labute approximate surface area is 200 Å². The second kappa shape index (κ2) is 8.98. The number of aryl methyl sites for hydroxylation is 1. The van der Waals surface area contributed by atoms with Crippen LogP contribution in [0.3, 0.4) is 0 Å². The van der Waals surface area contributed by atoms with Crippen molar-refractivity contribution in [3.8, 4) is 17.1 Å². The predicted octanol–water partition coefficient (Wildman–Crippen LogP) is 3.05. The van der Waals surface area contributed by atoms with E-state index in [1.807, 2.05) is 43.6 Å². The van der Waals surface area contributed by atoms with Crippen molar-refractivity contribution in [1.82, 2.24) is 25.0 Å². The number of rotatable bonds is 5. The molecule has 0 saturated carbocycles. The normalized spacial score (nSPS) is 15.7. The van der Waals surface area contributed by atoms with Crippen LogP contribution >= 0.6 is 0 Å². The summed E-state index contributed by atoms with van der Waals surface area (Å²) in [6, 6.07) is 13.7. The van der Waals surface area contributed by atoms with Gasteiger partial charge in [-0.1, -0.05) is 18.2 Å². The molecule has 178 valence electrons. The maximum absolute atomic E-state index is 12.5. The lowest BCUT2D eigenvalue weighted by atomic mass is 10.1. The molecule has 0 aliphatic carbocycles. The van der Waals surface area contributed by atoms with Crippen LogP contribution in [0.25, 0.3) is 22.0 Å². The number of amides is 4. The molecule has 10 heteroatoms. The number of hydrogen-bond donors (Lipinski definition) is 4. The molecule has 4 amide bonds. The number of nitrogens with one attached hydrogen (secondary N) is 3. The number of carbonyl (C=O) groups is 3. The van der Waals surface area contributed by atoms with Crippen LogP contribution in [0, 0.1) is 0 Å². The number of urea groups is 1. The van der Waals surface area contributed by atoms with Gasteiger partial charge in [0.05, 0.1) is 5.69 Å². The third-order valence-electron chi connectivity index (χ3n) is 6.01. The number of aromatic nitrogens is 3. The second-order valence-electron chi connectivity index (χ2n) is 8.51. The fraction of sp³-hybridized carbons (Fsp3) is 0.200. The van der Waals surface area contributed by atoms with E-state index in [2.05, 4.69) is 21.0 Å². The summed E-state index contributed by atoms with van der Waals surface area (Å²) in [7, 11) is 1.85. The van der Waals surface area contributed by atoms with Crippen LogP contribution in [0.4, 0.5) is 10.5 Å². The van der Waals surface area contributed by atoms with Crippen LogP contribution in [-0.4, -0.2) is 37.3 Å². The number of carbonyl (C=O) groups excluding carboxylic acids is 3. The van der Waals surface area contributed by atoms with Gasteiger partial charge in [-0.25, -0.2) is 4.79 Å². The highest BCUT2D eigenvalue weighted by atomic mass is 16.3. The van der Waals surface area contributed by atoms with E-state index in [4.69, 9.17) is 0 Å². The lowest BCUT2D eigenvalue weighted by Crippen LogP contribution is -2.41. The smallest absolute Gasteiger partial charge is 0.319 e. The first-order chi connectivity index (χ1) is 16.9. The number of imide groups is 1. The molecule has 5 rings (SSSR count). The van der Waals surface area contributed by atoms with Crippen LogP contribution in [0.2, 0.25) is 0 Å². The minimum Gasteiger partial charge on any atom is -0.494 e. The maximum atomic E-state index is 12.5. The number of benzene rings is 2. The molecule has 2 aromatic heterocycles. The van der Waals surface area contributed by atoms with Crippen LogP contribution in [0.15, 0.2) is 60.9 Å². The number of aromatic hydroxyl groups is 1. The first-order valence-corrected chi connectivity index (χ1v) is 11.2. The molecular weight excluding hydrogens is 448 g/mol. The fourth-order valence-corrected chi connectivity index (χ4v) is 4.25. The summed E-state index contributed by atoms with van der Waals surface area (Å²) in [5, 5.41) is 24.3. The molecule has 4 N–H and O–H groups in total. The Balaban J connectivity index is 1.25. The summed E-state index contributed by atoms with van der Waals surface area (Å²) < 4.78 is 3.21. The zero-order chi connectivity index (χ0) is 24.5. The van der Waals surface area contributed by atoms with Gasteiger partial charge >= 0.3 is 6.03 Å². The second-order valence-corrected chi connectivity index (χ2v) is 8.51. The van der Waals surface area contributed by atoms with Gasteiger partial charge in [0, 0.05) is 54.4 Å². The van der Waals surface area contributed by atoms with Crippen LogP contribution in [0.1, 0.15) is 24.4 Å². The molecular formula is C25H24N6O4. The van der Waals surface area contributed by atoms with Crippen LogP contribution < -0.4 is 16.0 Å². The average molecular weight is 473 g/mol. The molecule has 0 bridgehead atoms. The summed E-state index contributed by atoms with van der Waals surface area (Å²) in [6.07, 6.45) is 4.10. The minimum absolute atomic E-state index is 0.0282. The zero-order valence-corrected chi connectivity index (χ0v) is 19.0. The molecule has 35 heavy (non-hydrogen) atoms. The van der Waals surface area contributed by atoms with Gasteiger partial charge in [-0.2, -0.15) is 5.10 Å². The van der Waals surface area contributed by atoms with Gasteiger partial charge in [0.2, 0.25) is 11.8 Å². The topological polar surface area (TPSA) is 130 Å². The van der Waals surface area contributed by atoms with Gasteiger partial charge < -0.3 is 20.3 Å². The highest BCUT2D eigenvalue weighted by Gasteiger charge is 2.30. The van der Waals surface area contributed by atoms with E-state index in [1.165, 1.54) is 4.57 Å². The Morgan fingerprint density at radius 1 is 1.20 bits per heavy atom. The number of piperidine rings is 1. The van der Waals surface area contributed by atoms with E-state index in [0.29, 0.717) is 17.5 Å². The van der Waals surface area contributed by atoms with Crippen molar-refractivity contribution in [2.24, 2.45) is 7.05 Å². The number of anilines is 1. The lowest BCUT2D eigenvalue weighted by Gasteiger charge is -2.22. The van der Waals surface area contributed by atoms with Gasteiger partial charge in [0.25, 0.3) is 0 Å². The van der Waals surface area contributed by atoms with E-state index < -0.39 is 11.9 Å². The van der Waals surface area contributed by atoms with Crippen molar-refractivity contribution in [2.75, 3.05) is 5.32 Å². The Morgan fingerprint density at radius 3 is 2.83 bits per heavy atom. The van der Waals surface area contributed by atoms with Crippen LogP contribution in [-0.2, 0) is 23.2 Å². The van der Waals surface area contributed by atoms with Gasteiger partial charge in [-0.3, -0.25) is 19.6 Å². The SMILES string of the molecule is Cn1ccc(-c2cccc(NC(=O)NCc3ccc4c(O)n(C5CCC(=O)NC5=O)cc4c3)c2)n1. The maximum Gasteiger partial charge on any atom is 0.319 e. The van der Waals surface area contributed by atoms with Crippen molar-refractivity contribution in [3.05, 3.63) is 66.5 Å². The summed E-state index contributed by atoms with van der Waals surface area (Å²) in [5.41, 5.74) is 3.19. The van der Waals surface area contributed by atoms with E-state index in [0.717, 1.165) is 22.2 Å². The van der Waals surface area contributed by atoms with Gasteiger partial charge in [-0.15, -0.1) is 0 Å². The van der Waals surface area contributed by atoms with Crippen molar-refractivity contribution >= 4 is 34.3 Å². The van der Waals surface area contributed by atoms with Gasteiger partial charge in [0.15, 0.2) is 5.88 Å². The molecule has 1 atom stereocenters. The Bertz CT molecular complexity index is 1450. The third-order valence-corrected chi connectivity index (χ3v) is 6.01. The van der Waals surface area contributed by atoms with Crippen molar-refractivity contribution in [1.29, 1.82) is 0 Å². The van der Waals surface area contributed by atoms with Crippen molar-refractivity contribution in [3.63, 3.8) is 0 Å². The summed E-state index contributed by atoms with van der Waals surface area (Å²) >= 11 is 0. The quantitative estimate of drug-likeness (QED) is 0.332. The average Bonchev–Trinajstić information content (AvgIpc) is 3.41. The molecule has 1 fully saturated rings. The number of nitrogens with zero attached hydrogens (tertiary/aromatic N) is 3. The highest BCUT2D eigenvalue weighted by Crippen LogP contribution is 2.33. The van der Waals surface area contributed by atoms with Crippen molar-refractivity contribution in [2.45, 2.75) is 25.4 Å². The van der Waals surface area contributed by atoms with Gasteiger partial charge in [0.1, 0.15) is 6.04 Å². The van der Waals surface area contributed by atoms with E-state index in [9.17, 15) is 19.5 Å². The molecule has 1 aliphatic heterocycles. The third kappa shape index (κ3) is 4.58. The largest absolute Gasteiger partial charge is 0.494 e. The Hall–Kier alpha value is -4.60.